The molecule has 0 unspecified atom stereocenters. The first kappa shape index (κ1) is 11.8. The molecular formula is C9H9BN2O4. The monoisotopic (exact) mass is 220 g/mol. The van der Waals surface area contributed by atoms with Crippen LogP contribution < -0.4 is 10.8 Å². The number of hydrogen-bond donors (Lipinski definition) is 2. The molecule has 6 nitrogen and oxygen atoms in total. The molecule has 0 fully saturated rings. The quantitative estimate of drug-likeness (QED) is 0.416. The number of carbonyl (C=O) groups is 1. The van der Waals surface area contributed by atoms with E-state index in [4.69, 9.17) is 5.11 Å². The topological polar surface area (TPSA) is 92.5 Å². The van der Waals surface area contributed by atoms with Gasteiger partial charge in [-0.3, -0.25) is 10.1 Å². The van der Waals surface area contributed by atoms with Gasteiger partial charge in [-0.15, -0.1) is 0 Å². The Balaban J connectivity index is 2.95. The van der Waals surface area contributed by atoms with Gasteiger partial charge in [0.05, 0.1) is 22.4 Å². The highest BCUT2D eigenvalue weighted by Crippen LogP contribution is 2.13. The highest BCUT2D eigenvalue weighted by Gasteiger charge is 2.08. The first-order valence-electron chi connectivity index (χ1n) is 4.41. The molecule has 82 valence electrons. The van der Waals surface area contributed by atoms with Crippen LogP contribution in [0.3, 0.4) is 0 Å². The second-order valence-electron chi connectivity index (χ2n) is 3.10. The average Bonchev–Trinajstić information content (AvgIpc) is 2.19. The fraction of sp³-hybridized carbons (Fsp3) is 0. The van der Waals surface area contributed by atoms with Gasteiger partial charge in [0.15, 0.2) is 0 Å². The van der Waals surface area contributed by atoms with Crippen molar-refractivity contribution >= 4 is 25.0 Å². The number of rotatable bonds is 4. The molecule has 1 aromatic rings. The Morgan fingerprint density at radius 1 is 1.56 bits per heavy atom. The van der Waals surface area contributed by atoms with Crippen molar-refractivity contribution in [2.24, 2.45) is 0 Å². The van der Waals surface area contributed by atoms with Gasteiger partial charge in [0, 0.05) is 0 Å². The van der Waals surface area contributed by atoms with Gasteiger partial charge < -0.3 is 10.4 Å². The predicted octanol–water partition coefficient (Wildman–Crippen LogP) is -0.197. The molecule has 0 spiro atoms. The van der Waals surface area contributed by atoms with Crippen molar-refractivity contribution in [3.63, 3.8) is 0 Å². The van der Waals surface area contributed by atoms with Gasteiger partial charge >= 0.3 is 5.97 Å². The van der Waals surface area contributed by atoms with Crippen molar-refractivity contribution in [3.05, 3.63) is 46.3 Å². The highest BCUT2D eigenvalue weighted by molar-refractivity contribution is 6.32. The van der Waals surface area contributed by atoms with Crippen LogP contribution in [-0.4, -0.2) is 23.8 Å². The van der Waals surface area contributed by atoms with Crippen molar-refractivity contribution in [2.75, 3.05) is 5.32 Å². The number of benzene rings is 1. The molecule has 0 heterocycles. The summed E-state index contributed by atoms with van der Waals surface area (Å²) in [5, 5.41) is 21.5. The van der Waals surface area contributed by atoms with E-state index in [1.807, 2.05) is 0 Å². The fourth-order valence-electron chi connectivity index (χ4n) is 1.15. The maximum atomic E-state index is 10.9. The van der Waals surface area contributed by atoms with Gasteiger partial charge in [0.25, 0.3) is 0 Å². The predicted molar refractivity (Wildman–Crippen MR) is 61.3 cm³/mol. The molecule has 1 aromatic carbocycles. The molecule has 7 heteroatoms. The van der Waals surface area contributed by atoms with Crippen LogP contribution in [0.1, 0.15) is 10.4 Å². The number of anilines is 1. The maximum absolute atomic E-state index is 10.9. The van der Waals surface area contributed by atoms with E-state index >= 15 is 0 Å². The third-order valence-corrected chi connectivity index (χ3v) is 1.84. The van der Waals surface area contributed by atoms with Crippen molar-refractivity contribution in [2.45, 2.75) is 0 Å². The zero-order valence-electron chi connectivity index (χ0n) is 8.51. The average molecular weight is 220 g/mol. The summed E-state index contributed by atoms with van der Waals surface area (Å²) in [4.78, 5) is 20.3. The van der Waals surface area contributed by atoms with Crippen LogP contribution in [0.5, 0.6) is 0 Å². The lowest BCUT2D eigenvalue weighted by Crippen LogP contribution is -2.09. The minimum atomic E-state index is -1.08. The van der Waals surface area contributed by atoms with Gasteiger partial charge in [-0.25, -0.2) is 4.79 Å². The Morgan fingerprint density at radius 3 is 2.81 bits per heavy atom. The molecule has 0 amide bonds. The second-order valence-corrected chi connectivity index (χ2v) is 3.10. The van der Waals surface area contributed by atoms with Gasteiger partial charge in [-0.1, -0.05) is 17.6 Å². The summed E-state index contributed by atoms with van der Waals surface area (Å²) in [5.74, 6) is -1.08. The van der Waals surface area contributed by atoms with Crippen molar-refractivity contribution in [3.8, 4) is 0 Å². The maximum Gasteiger partial charge on any atom is 0.337 e. The number of carboxylic acids is 1. The number of carboxylic acid groups (broad SMARTS) is 1. The Labute approximate surface area is 92.1 Å². The molecule has 0 aliphatic rings. The fourth-order valence-corrected chi connectivity index (χ4v) is 1.15. The Kier molecular flexibility index (Phi) is 3.65. The van der Waals surface area contributed by atoms with Gasteiger partial charge in [-0.05, 0) is 6.07 Å². The third-order valence-electron chi connectivity index (χ3n) is 1.84. The van der Waals surface area contributed by atoms with Gasteiger partial charge in [0.1, 0.15) is 7.85 Å². The largest absolute Gasteiger partial charge is 0.478 e. The summed E-state index contributed by atoms with van der Waals surface area (Å²) < 4.78 is 0. The molecule has 0 saturated heterocycles. The standard InChI is InChI=1S/C9H9BN2O4/c10-6-1-2-8(7(5-6)9(13)14)11-3-4-12(15)16/h1-5,11H,10H2,(H,13,14)/b4-3+. The van der Waals surface area contributed by atoms with Crippen LogP contribution in [0.2, 0.25) is 0 Å². The van der Waals surface area contributed by atoms with E-state index in [2.05, 4.69) is 5.32 Å². The van der Waals surface area contributed by atoms with E-state index in [0.29, 0.717) is 11.9 Å². The molecule has 0 bridgehead atoms. The van der Waals surface area contributed by atoms with Crippen LogP contribution in [0.25, 0.3) is 0 Å². The zero-order chi connectivity index (χ0) is 12.1. The highest BCUT2D eigenvalue weighted by atomic mass is 16.6. The van der Waals surface area contributed by atoms with Gasteiger partial charge in [0.2, 0.25) is 6.20 Å². The summed E-state index contributed by atoms with van der Waals surface area (Å²) in [7, 11) is 1.77. The number of hydrogen-bond acceptors (Lipinski definition) is 4. The second kappa shape index (κ2) is 4.97. The van der Waals surface area contributed by atoms with Crippen LogP contribution in [0.15, 0.2) is 30.6 Å². The summed E-state index contributed by atoms with van der Waals surface area (Å²) >= 11 is 0. The molecule has 0 saturated carbocycles. The summed E-state index contributed by atoms with van der Waals surface area (Å²) in [6.07, 6.45) is 1.78. The molecular weight excluding hydrogens is 211 g/mol. The van der Waals surface area contributed by atoms with E-state index in [1.54, 1.807) is 20.0 Å². The molecule has 16 heavy (non-hydrogen) atoms. The number of nitro groups is 1. The lowest BCUT2D eigenvalue weighted by atomic mass is 9.93. The SMILES string of the molecule is Bc1ccc(N/C=C/[N+](=O)[O-])c(C(=O)O)c1. The molecule has 0 atom stereocenters. The number of nitrogens with zero attached hydrogens (tertiary/aromatic N) is 1. The van der Waals surface area contributed by atoms with Gasteiger partial charge in [-0.2, -0.15) is 0 Å². The summed E-state index contributed by atoms with van der Waals surface area (Å²) in [5.41, 5.74) is 1.20. The van der Waals surface area contributed by atoms with Crippen LogP contribution in [0, 0.1) is 10.1 Å². The number of nitrogens with one attached hydrogen (secondary N) is 1. The first-order valence-corrected chi connectivity index (χ1v) is 4.41. The van der Waals surface area contributed by atoms with E-state index in [9.17, 15) is 14.9 Å². The molecule has 0 radical (unpaired) electrons. The Morgan fingerprint density at radius 2 is 2.25 bits per heavy atom. The molecule has 0 aliphatic heterocycles. The van der Waals surface area contributed by atoms with Crippen molar-refractivity contribution < 1.29 is 14.8 Å². The molecule has 2 N–H and O–H groups in total. The molecule has 0 aromatic heterocycles. The minimum Gasteiger partial charge on any atom is -0.478 e. The van der Waals surface area contributed by atoms with E-state index < -0.39 is 10.9 Å². The molecule has 0 aliphatic carbocycles. The third kappa shape index (κ3) is 3.12. The first-order chi connectivity index (χ1) is 7.50. The van der Waals surface area contributed by atoms with Crippen LogP contribution >= 0.6 is 0 Å². The Hall–Kier alpha value is -2.31. The van der Waals surface area contributed by atoms with Crippen LogP contribution in [0.4, 0.5) is 5.69 Å². The van der Waals surface area contributed by atoms with E-state index in [0.717, 1.165) is 11.7 Å². The van der Waals surface area contributed by atoms with E-state index in [-0.39, 0.29) is 5.56 Å². The minimum absolute atomic E-state index is 0.0768. The van der Waals surface area contributed by atoms with Crippen molar-refractivity contribution in [1.29, 1.82) is 0 Å². The lowest BCUT2D eigenvalue weighted by Gasteiger charge is -2.05. The molecule has 1 rings (SSSR count). The lowest BCUT2D eigenvalue weighted by molar-refractivity contribution is -0.402. The van der Waals surface area contributed by atoms with Crippen LogP contribution in [-0.2, 0) is 0 Å². The zero-order valence-corrected chi connectivity index (χ0v) is 8.51. The summed E-state index contributed by atoms with van der Waals surface area (Å²) in [6.45, 7) is 0. The smallest absolute Gasteiger partial charge is 0.337 e. The normalized spacial score (nSPS) is 10.2. The van der Waals surface area contributed by atoms with Crippen molar-refractivity contribution in [1.82, 2.24) is 0 Å². The summed E-state index contributed by atoms with van der Waals surface area (Å²) in [6, 6.07) is 4.77. The van der Waals surface area contributed by atoms with E-state index in [1.165, 1.54) is 6.07 Å². The Bertz CT molecular complexity index is 459. The number of aromatic carboxylic acids is 1.